The number of anilines is 1. The molecule has 7 rings (SSSR count). The van der Waals surface area contributed by atoms with Crippen LogP contribution in [-0.4, -0.2) is 71.5 Å². The van der Waals surface area contributed by atoms with Crippen LogP contribution in [-0.2, 0) is 30.6 Å². The van der Waals surface area contributed by atoms with Crippen LogP contribution in [0.5, 0.6) is 5.88 Å². The van der Waals surface area contributed by atoms with Crippen molar-refractivity contribution >= 4 is 44.2 Å². The number of fused-ring (bicyclic) bond motifs is 3. The molecule has 5 atom stereocenters. The van der Waals surface area contributed by atoms with Crippen molar-refractivity contribution in [3.05, 3.63) is 78.3 Å². The number of aromatic nitrogens is 1. The molecule has 3 N–H and O–H groups in total. The van der Waals surface area contributed by atoms with E-state index in [2.05, 4.69) is 20.3 Å². The zero-order valence-corrected chi connectivity index (χ0v) is 29.4. The molecule has 1 saturated heterocycles. The highest BCUT2D eigenvalue weighted by molar-refractivity contribution is 7.91. The van der Waals surface area contributed by atoms with E-state index in [0.29, 0.717) is 56.0 Å². The fourth-order valence-corrected chi connectivity index (χ4v) is 8.59. The first-order valence-corrected chi connectivity index (χ1v) is 19.3. The number of nitrogens with zero attached hydrogens (tertiary/aromatic N) is 2. The Morgan fingerprint density at radius 2 is 1.83 bits per heavy atom. The monoisotopic (exact) mass is 757 g/mol. The van der Waals surface area contributed by atoms with Gasteiger partial charge in [0.2, 0.25) is 27.7 Å². The maximum atomic E-state index is 14.5. The van der Waals surface area contributed by atoms with Crippen molar-refractivity contribution in [2.75, 3.05) is 11.9 Å². The summed E-state index contributed by atoms with van der Waals surface area (Å²) in [5, 5.41) is 6.56. The fraction of sp³-hybridized carbons (Fsp3) is 0.459. The first-order chi connectivity index (χ1) is 25.2. The van der Waals surface area contributed by atoms with Crippen LogP contribution in [0.15, 0.2) is 66.9 Å². The molecular formula is C37H39F4N5O6S. The molecule has 282 valence electrons. The van der Waals surface area contributed by atoms with Crippen molar-refractivity contribution in [1.29, 1.82) is 0 Å². The van der Waals surface area contributed by atoms with Crippen molar-refractivity contribution in [2.24, 2.45) is 5.92 Å². The molecule has 3 heterocycles. The van der Waals surface area contributed by atoms with Gasteiger partial charge in [-0.2, -0.15) is 13.2 Å². The van der Waals surface area contributed by atoms with Crippen molar-refractivity contribution in [1.82, 2.24) is 19.9 Å². The van der Waals surface area contributed by atoms with E-state index in [1.165, 1.54) is 4.90 Å². The number of benzene rings is 2. The lowest BCUT2D eigenvalue weighted by Crippen LogP contribution is -2.57. The summed E-state index contributed by atoms with van der Waals surface area (Å²) in [6.07, 6.45) is 3.16. The minimum Gasteiger partial charge on any atom is -0.472 e. The number of allylic oxidation sites excluding steroid dienone is 1. The fourth-order valence-electron chi connectivity index (χ4n) is 7.22. The molecule has 2 saturated carbocycles. The van der Waals surface area contributed by atoms with Crippen LogP contribution in [0.2, 0.25) is 0 Å². The van der Waals surface area contributed by atoms with Gasteiger partial charge in [0.25, 0.3) is 5.91 Å². The van der Waals surface area contributed by atoms with E-state index in [0.717, 1.165) is 11.5 Å². The second-order valence-electron chi connectivity index (χ2n) is 14.2. The molecule has 0 unspecified atom stereocenters. The lowest BCUT2D eigenvalue weighted by Gasteiger charge is -2.30. The standard InChI is InChI=1S/C37H39F4N5O6S/c38-29-15-12-24(18-28(29)37(39,40)41)43-30-11-5-3-1-2-4-9-23-20-36(23,35(49)45-53(50,51)26-13-14-26)44-32(47)31-19-25(21-46(31)34(30)48)52-33-27-10-7-6-8-22(27)16-17-42-33/h4,6-10,12,15-18,23,25-26,30-31,43H,1-3,5,11,13-14,19-21H2,(H,44,47)(H,45,49)/b9-4-/t23-,25-,30+,31+,36-/m1/s1. The van der Waals surface area contributed by atoms with Crippen LogP contribution in [0, 0.1) is 11.7 Å². The minimum atomic E-state index is -4.97. The smallest absolute Gasteiger partial charge is 0.419 e. The number of carbonyl (C=O) groups excluding carboxylic acids is 3. The lowest BCUT2D eigenvalue weighted by molar-refractivity contribution is -0.140. The number of sulfonamides is 1. The van der Waals surface area contributed by atoms with Gasteiger partial charge in [0.1, 0.15) is 29.5 Å². The summed E-state index contributed by atoms with van der Waals surface area (Å²) in [5.74, 6) is -3.83. The second-order valence-corrected chi connectivity index (χ2v) is 16.2. The number of carbonyl (C=O) groups is 3. The zero-order valence-electron chi connectivity index (χ0n) is 28.6. The second kappa shape index (κ2) is 14.3. The average molecular weight is 758 g/mol. The normalized spacial score (nSPS) is 27.4. The van der Waals surface area contributed by atoms with Gasteiger partial charge in [0.05, 0.1) is 17.4 Å². The molecular weight excluding hydrogens is 718 g/mol. The average Bonchev–Trinajstić information content (AvgIpc) is 4.04. The Labute approximate surface area is 303 Å². The SMILES string of the molecule is O=C1N[C@]2(C(=O)NS(=O)(=O)C3CC3)C[C@H]2/C=C\CCCCC[C@H](Nc2ccc(F)c(C(F)(F)F)c2)C(=O)N2C[C@H](Oc3nccc4ccccc34)C[C@@H]12. The van der Waals surface area contributed by atoms with Crippen LogP contribution in [0.3, 0.4) is 0 Å². The third-order valence-electron chi connectivity index (χ3n) is 10.4. The van der Waals surface area contributed by atoms with E-state index in [-0.39, 0.29) is 37.4 Å². The number of halogens is 4. The first-order valence-electron chi connectivity index (χ1n) is 17.7. The molecule has 3 amide bonds. The van der Waals surface area contributed by atoms with Crippen LogP contribution in [0.1, 0.15) is 63.4 Å². The molecule has 0 radical (unpaired) electrons. The van der Waals surface area contributed by atoms with Crippen molar-refractivity contribution in [3.63, 3.8) is 0 Å². The van der Waals surface area contributed by atoms with E-state index in [9.17, 15) is 40.4 Å². The molecule has 3 fully saturated rings. The van der Waals surface area contributed by atoms with Gasteiger partial charge < -0.3 is 20.3 Å². The van der Waals surface area contributed by atoms with Gasteiger partial charge in [-0.1, -0.05) is 43.2 Å². The van der Waals surface area contributed by atoms with Gasteiger partial charge in [-0.15, -0.1) is 0 Å². The molecule has 2 aliphatic heterocycles. The maximum Gasteiger partial charge on any atom is 0.419 e. The molecule has 0 bridgehead atoms. The number of amides is 3. The summed E-state index contributed by atoms with van der Waals surface area (Å²) in [5.41, 5.74) is -3.18. The number of alkyl halides is 3. The summed E-state index contributed by atoms with van der Waals surface area (Å²) < 4.78 is 89.0. The predicted octanol–water partition coefficient (Wildman–Crippen LogP) is 5.23. The Morgan fingerprint density at radius 3 is 2.60 bits per heavy atom. The maximum absolute atomic E-state index is 14.5. The Balaban J connectivity index is 1.21. The van der Waals surface area contributed by atoms with E-state index in [4.69, 9.17) is 4.74 Å². The summed E-state index contributed by atoms with van der Waals surface area (Å²) in [6.45, 7) is -0.101. The van der Waals surface area contributed by atoms with Gasteiger partial charge >= 0.3 is 6.18 Å². The zero-order chi connectivity index (χ0) is 37.5. The van der Waals surface area contributed by atoms with Crippen molar-refractivity contribution in [2.45, 2.75) is 92.9 Å². The van der Waals surface area contributed by atoms with Crippen molar-refractivity contribution in [3.8, 4) is 5.88 Å². The van der Waals surface area contributed by atoms with Crippen LogP contribution >= 0.6 is 0 Å². The number of hydrogen-bond acceptors (Lipinski definition) is 8. The summed E-state index contributed by atoms with van der Waals surface area (Å²) >= 11 is 0. The number of rotatable bonds is 7. The van der Waals surface area contributed by atoms with Crippen molar-refractivity contribution < 1.29 is 45.1 Å². The summed E-state index contributed by atoms with van der Waals surface area (Å²) in [7, 11) is -3.94. The highest BCUT2D eigenvalue weighted by Crippen LogP contribution is 2.46. The van der Waals surface area contributed by atoms with Crippen LogP contribution in [0.25, 0.3) is 10.8 Å². The predicted molar refractivity (Wildman–Crippen MR) is 186 cm³/mol. The molecule has 2 aromatic carbocycles. The molecule has 53 heavy (non-hydrogen) atoms. The Bertz CT molecular complexity index is 2050. The largest absolute Gasteiger partial charge is 0.472 e. The van der Waals surface area contributed by atoms with E-state index >= 15 is 0 Å². The molecule has 11 nitrogen and oxygen atoms in total. The molecule has 2 aliphatic carbocycles. The minimum absolute atomic E-state index is 0.0253. The number of ether oxygens (including phenoxy) is 1. The topological polar surface area (TPSA) is 147 Å². The van der Waals surface area contributed by atoms with E-state index in [1.54, 1.807) is 12.3 Å². The van der Waals surface area contributed by atoms with Gasteiger partial charge in [0.15, 0.2) is 0 Å². The molecule has 3 aromatic rings. The molecule has 0 spiro atoms. The number of pyridine rings is 1. The Morgan fingerprint density at radius 1 is 1.04 bits per heavy atom. The summed E-state index contributed by atoms with van der Waals surface area (Å²) in [6, 6.07) is 9.28. The highest BCUT2D eigenvalue weighted by Gasteiger charge is 2.62. The molecule has 4 aliphatic rings. The molecule has 1 aromatic heterocycles. The van der Waals surface area contributed by atoms with E-state index < -0.39 is 80.2 Å². The number of nitrogens with one attached hydrogen (secondary N) is 3. The lowest BCUT2D eigenvalue weighted by atomic mass is 10.0. The van der Waals surface area contributed by atoms with Gasteiger partial charge in [0, 0.05) is 29.6 Å². The van der Waals surface area contributed by atoms with E-state index in [1.807, 2.05) is 36.4 Å². The first kappa shape index (κ1) is 36.6. The van der Waals surface area contributed by atoms with Gasteiger partial charge in [-0.3, -0.25) is 19.1 Å². The quantitative estimate of drug-likeness (QED) is 0.220. The third-order valence-corrected chi connectivity index (χ3v) is 12.2. The Hall–Kier alpha value is -4.73. The van der Waals surface area contributed by atoms with Gasteiger partial charge in [-0.25, -0.2) is 17.8 Å². The third kappa shape index (κ3) is 7.82. The summed E-state index contributed by atoms with van der Waals surface area (Å²) in [4.78, 5) is 48.1. The van der Waals surface area contributed by atoms with Gasteiger partial charge in [-0.05, 0) is 74.2 Å². The Kier molecular flexibility index (Phi) is 9.85. The van der Waals surface area contributed by atoms with Crippen LogP contribution in [0.4, 0.5) is 23.2 Å². The highest BCUT2D eigenvalue weighted by atomic mass is 32.2. The number of hydrogen-bond donors (Lipinski definition) is 3. The van der Waals surface area contributed by atoms with Crippen LogP contribution < -0.4 is 20.1 Å². The molecule has 16 heteroatoms.